The summed E-state index contributed by atoms with van der Waals surface area (Å²) in [4.78, 5) is 11.7. The molecule has 0 radical (unpaired) electrons. The summed E-state index contributed by atoms with van der Waals surface area (Å²) in [5.41, 5.74) is 0. The van der Waals surface area contributed by atoms with Gasteiger partial charge in [0.1, 0.15) is 0 Å². The zero-order chi connectivity index (χ0) is 13.6. The van der Waals surface area contributed by atoms with Gasteiger partial charge in [0.2, 0.25) is 5.91 Å². The Morgan fingerprint density at radius 3 is 2.67 bits per heavy atom. The summed E-state index contributed by atoms with van der Waals surface area (Å²) in [6, 6.07) is 0. The molecule has 2 unspecified atom stereocenters. The second kappa shape index (κ2) is 7.02. The van der Waals surface area contributed by atoms with Crippen LogP contribution >= 0.6 is 11.6 Å². The average Bonchev–Trinajstić information content (AvgIpc) is 2.33. The van der Waals surface area contributed by atoms with Gasteiger partial charge in [0.25, 0.3) is 0 Å². The van der Waals surface area contributed by atoms with Crippen LogP contribution in [0.1, 0.15) is 25.7 Å². The van der Waals surface area contributed by atoms with Crippen LogP contribution in [0.5, 0.6) is 0 Å². The van der Waals surface area contributed by atoms with Gasteiger partial charge < -0.3 is 5.32 Å². The van der Waals surface area contributed by atoms with Crippen LogP contribution in [-0.2, 0) is 4.79 Å². The van der Waals surface area contributed by atoms with Crippen molar-refractivity contribution >= 4 is 17.5 Å². The number of carbonyl (C=O) groups excluding carboxylic acids is 1. The Hall–Kier alpha value is -0.710. The minimum Gasteiger partial charge on any atom is -0.352 e. The van der Waals surface area contributed by atoms with Gasteiger partial charge in [0.05, 0.1) is 5.92 Å². The first kappa shape index (κ1) is 15.3. The molecule has 0 bridgehead atoms. The number of halogens is 4. The molecule has 6 heteroatoms. The molecular formula is C12H17ClF3NO. The van der Waals surface area contributed by atoms with Crippen molar-refractivity contribution in [3.63, 3.8) is 0 Å². The normalized spacial score (nSPS) is 25.3. The summed E-state index contributed by atoms with van der Waals surface area (Å²) >= 11 is 5.41. The highest BCUT2D eigenvalue weighted by atomic mass is 35.5. The van der Waals surface area contributed by atoms with E-state index in [1.807, 2.05) is 0 Å². The molecule has 0 aliphatic heterocycles. The smallest absolute Gasteiger partial charge is 0.352 e. The van der Waals surface area contributed by atoms with Gasteiger partial charge in [-0.05, 0) is 19.3 Å². The molecule has 1 aliphatic carbocycles. The van der Waals surface area contributed by atoms with Gasteiger partial charge >= 0.3 is 6.18 Å². The third-order valence-electron chi connectivity index (χ3n) is 3.16. The summed E-state index contributed by atoms with van der Waals surface area (Å²) in [5.74, 6) is -1.78. The quantitative estimate of drug-likeness (QED) is 0.623. The van der Waals surface area contributed by atoms with Gasteiger partial charge in [0, 0.05) is 18.3 Å². The molecule has 1 N–H and O–H groups in total. The van der Waals surface area contributed by atoms with Gasteiger partial charge in [-0.1, -0.05) is 18.6 Å². The Labute approximate surface area is 110 Å². The van der Waals surface area contributed by atoms with Crippen LogP contribution in [0, 0.1) is 11.8 Å². The first-order chi connectivity index (χ1) is 8.45. The molecule has 18 heavy (non-hydrogen) atoms. The molecule has 1 rings (SSSR count). The maximum Gasteiger partial charge on any atom is 0.391 e. The van der Waals surface area contributed by atoms with Crippen molar-refractivity contribution in [3.8, 4) is 0 Å². The molecule has 1 saturated carbocycles. The van der Waals surface area contributed by atoms with E-state index in [1.54, 1.807) is 12.2 Å². The van der Waals surface area contributed by atoms with Crippen LogP contribution in [0.15, 0.2) is 12.2 Å². The van der Waals surface area contributed by atoms with Gasteiger partial charge in [0.15, 0.2) is 0 Å². The highest BCUT2D eigenvalue weighted by molar-refractivity contribution is 6.18. The molecule has 2 atom stereocenters. The van der Waals surface area contributed by atoms with Crippen molar-refractivity contribution in [2.45, 2.75) is 31.9 Å². The fraction of sp³-hybridized carbons (Fsp3) is 0.750. The third-order valence-corrected chi connectivity index (χ3v) is 3.34. The van der Waals surface area contributed by atoms with E-state index in [2.05, 4.69) is 5.32 Å². The lowest BCUT2D eigenvalue weighted by atomic mass is 9.80. The molecule has 1 amide bonds. The van der Waals surface area contributed by atoms with Crippen LogP contribution in [0.2, 0.25) is 0 Å². The molecule has 0 saturated heterocycles. The molecule has 0 heterocycles. The van der Waals surface area contributed by atoms with Crippen molar-refractivity contribution in [1.82, 2.24) is 5.32 Å². The van der Waals surface area contributed by atoms with Crippen LogP contribution in [0.4, 0.5) is 13.2 Å². The third kappa shape index (κ3) is 4.88. The zero-order valence-electron chi connectivity index (χ0n) is 9.97. The molecule has 1 fully saturated rings. The van der Waals surface area contributed by atoms with Gasteiger partial charge in [-0.15, -0.1) is 11.6 Å². The molecule has 0 spiro atoms. The number of carbonyl (C=O) groups is 1. The Morgan fingerprint density at radius 1 is 1.33 bits per heavy atom. The number of amides is 1. The lowest BCUT2D eigenvalue weighted by molar-refractivity contribution is -0.186. The maximum atomic E-state index is 12.6. The fourth-order valence-electron chi connectivity index (χ4n) is 2.18. The standard InChI is InChI=1S/C12H17ClF3NO/c13-6-1-2-7-17-11(18)9-4-3-5-10(8-9)12(14,15)16/h1-2,9-10H,3-8H2,(H,17,18)/b2-1+. The Bertz CT molecular complexity index is 304. The predicted octanol–water partition coefficient (Wildman–Crippen LogP) is 3.27. The van der Waals surface area contributed by atoms with E-state index in [4.69, 9.17) is 11.6 Å². The van der Waals surface area contributed by atoms with Gasteiger partial charge in [-0.25, -0.2) is 0 Å². The predicted molar refractivity (Wildman–Crippen MR) is 64.4 cm³/mol. The van der Waals surface area contributed by atoms with Crippen molar-refractivity contribution in [2.75, 3.05) is 12.4 Å². The number of allylic oxidation sites excluding steroid dienone is 1. The van der Waals surface area contributed by atoms with Crippen molar-refractivity contribution in [2.24, 2.45) is 11.8 Å². The molecule has 0 aromatic heterocycles. The van der Waals surface area contributed by atoms with Crippen molar-refractivity contribution < 1.29 is 18.0 Å². The SMILES string of the molecule is O=C(NC/C=C/CCl)C1CCCC(C(F)(F)F)C1. The van der Waals surface area contributed by atoms with Crippen molar-refractivity contribution in [3.05, 3.63) is 12.2 Å². The van der Waals surface area contributed by atoms with E-state index < -0.39 is 18.0 Å². The van der Waals surface area contributed by atoms with Gasteiger partial charge in [-0.3, -0.25) is 4.79 Å². The summed E-state index contributed by atoms with van der Waals surface area (Å²) < 4.78 is 37.7. The van der Waals surface area contributed by atoms with Gasteiger partial charge in [-0.2, -0.15) is 13.2 Å². The second-order valence-corrected chi connectivity index (χ2v) is 4.78. The molecule has 0 aromatic rings. The monoisotopic (exact) mass is 283 g/mol. The largest absolute Gasteiger partial charge is 0.391 e. The van der Waals surface area contributed by atoms with Crippen LogP contribution < -0.4 is 5.32 Å². The first-order valence-corrected chi connectivity index (χ1v) is 6.54. The number of hydrogen-bond donors (Lipinski definition) is 1. The average molecular weight is 284 g/mol. The van der Waals surface area contributed by atoms with Crippen LogP contribution in [0.3, 0.4) is 0 Å². The Kier molecular flexibility index (Phi) is 5.99. The van der Waals surface area contributed by atoms with E-state index in [0.717, 1.165) is 0 Å². The Balaban J connectivity index is 2.41. The molecule has 2 nitrogen and oxygen atoms in total. The highest BCUT2D eigenvalue weighted by Gasteiger charge is 2.43. The summed E-state index contributed by atoms with van der Waals surface area (Å²) in [6.45, 7) is 0.318. The van der Waals surface area contributed by atoms with E-state index in [9.17, 15) is 18.0 Å². The lowest BCUT2D eigenvalue weighted by Gasteiger charge is -2.29. The highest BCUT2D eigenvalue weighted by Crippen LogP contribution is 2.39. The first-order valence-electron chi connectivity index (χ1n) is 6.00. The molecule has 0 aromatic carbocycles. The molecular weight excluding hydrogens is 267 g/mol. The Morgan fingerprint density at radius 2 is 2.06 bits per heavy atom. The summed E-state index contributed by atoms with van der Waals surface area (Å²) in [5, 5.41) is 2.61. The fourth-order valence-corrected chi connectivity index (χ4v) is 2.30. The number of nitrogens with one attached hydrogen (secondary N) is 1. The van der Waals surface area contributed by atoms with Crippen LogP contribution in [-0.4, -0.2) is 24.5 Å². The molecule has 1 aliphatic rings. The zero-order valence-corrected chi connectivity index (χ0v) is 10.7. The minimum absolute atomic E-state index is 0.0887. The van der Waals surface area contributed by atoms with E-state index in [1.165, 1.54) is 0 Å². The maximum absolute atomic E-state index is 12.6. The van der Waals surface area contributed by atoms with Crippen molar-refractivity contribution in [1.29, 1.82) is 0 Å². The lowest BCUT2D eigenvalue weighted by Crippen LogP contribution is -2.37. The second-order valence-electron chi connectivity index (χ2n) is 4.47. The topological polar surface area (TPSA) is 29.1 Å². The van der Waals surface area contributed by atoms with Crippen LogP contribution in [0.25, 0.3) is 0 Å². The van der Waals surface area contributed by atoms with E-state index in [-0.39, 0.29) is 18.7 Å². The molecule has 104 valence electrons. The number of rotatable bonds is 4. The number of hydrogen-bond acceptors (Lipinski definition) is 1. The van der Waals surface area contributed by atoms with E-state index in [0.29, 0.717) is 25.3 Å². The summed E-state index contributed by atoms with van der Waals surface area (Å²) in [6.07, 6.45) is 0.235. The summed E-state index contributed by atoms with van der Waals surface area (Å²) in [7, 11) is 0. The number of alkyl halides is 4. The minimum atomic E-state index is -4.18. The van der Waals surface area contributed by atoms with E-state index >= 15 is 0 Å².